The lowest BCUT2D eigenvalue weighted by molar-refractivity contribution is -0.138. The average molecular weight is 348 g/mol. The average Bonchev–Trinajstić information content (AvgIpc) is 2.54. The quantitative estimate of drug-likeness (QED) is 0.847. The van der Waals surface area contributed by atoms with Crippen molar-refractivity contribution in [3.05, 3.63) is 41.1 Å². The Hall–Kier alpha value is -2.28. The molecule has 1 aliphatic rings. The molecule has 128 valence electrons. The third-order valence-corrected chi connectivity index (χ3v) is 4.51. The van der Waals surface area contributed by atoms with Crippen LogP contribution < -0.4 is 10.1 Å². The van der Waals surface area contributed by atoms with E-state index in [9.17, 15) is 9.59 Å². The second-order valence-corrected chi connectivity index (χ2v) is 6.18. The second kappa shape index (κ2) is 8.01. The van der Waals surface area contributed by atoms with Gasteiger partial charge in [0.1, 0.15) is 5.75 Å². The Balaban J connectivity index is 2.42. The van der Waals surface area contributed by atoms with Gasteiger partial charge in [-0.15, -0.1) is 0 Å². The number of nitrogens with zero attached hydrogens (tertiary/aromatic N) is 1. The standard InChI is InChI=1S/C17H20N2O4S/c1-5-23-16(21)14-10(2)18-17(19-11(3)20)24-15(14)12-6-8-13(22-4)9-7-12/h6-9,15H,5H2,1-4H3,(H,18,19,20). The van der Waals surface area contributed by atoms with Crippen LogP contribution in [0.25, 0.3) is 0 Å². The molecule has 6 nitrogen and oxygen atoms in total. The summed E-state index contributed by atoms with van der Waals surface area (Å²) in [6, 6.07) is 7.44. The Kier molecular flexibility index (Phi) is 6.03. The number of thioether (sulfide) groups is 1. The number of carbonyl (C=O) groups excluding carboxylic acids is 2. The van der Waals surface area contributed by atoms with Gasteiger partial charge in [-0.1, -0.05) is 23.9 Å². The van der Waals surface area contributed by atoms with E-state index in [1.807, 2.05) is 24.3 Å². The third-order valence-electron chi connectivity index (χ3n) is 3.35. The normalized spacial score (nSPS) is 17.2. The maximum Gasteiger partial charge on any atom is 0.337 e. The lowest BCUT2D eigenvalue weighted by Gasteiger charge is -2.25. The minimum absolute atomic E-state index is 0.206. The van der Waals surface area contributed by atoms with Crippen LogP contribution in [-0.2, 0) is 14.3 Å². The van der Waals surface area contributed by atoms with Crippen LogP contribution in [0.1, 0.15) is 31.6 Å². The van der Waals surface area contributed by atoms with Crippen LogP contribution >= 0.6 is 11.8 Å². The number of nitrogens with one attached hydrogen (secondary N) is 1. The minimum Gasteiger partial charge on any atom is -0.497 e. The molecule has 24 heavy (non-hydrogen) atoms. The van der Waals surface area contributed by atoms with Crippen molar-refractivity contribution in [3.8, 4) is 5.75 Å². The number of allylic oxidation sites excluding steroid dienone is 1. The topological polar surface area (TPSA) is 77.0 Å². The van der Waals surface area contributed by atoms with Crippen molar-refractivity contribution in [2.75, 3.05) is 13.7 Å². The highest BCUT2D eigenvalue weighted by Gasteiger charge is 2.32. The zero-order valence-corrected chi connectivity index (χ0v) is 14.9. The van der Waals surface area contributed by atoms with Gasteiger partial charge in [-0.2, -0.15) is 0 Å². The van der Waals surface area contributed by atoms with Gasteiger partial charge in [-0.3, -0.25) is 4.79 Å². The zero-order chi connectivity index (χ0) is 17.7. The van der Waals surface area contributed by atoms with E-state index in [1.54, 1.807) is 21.0 Å². The lowest BCUT2D eigenvalue weighted by atomic mass is 10.0. The zero-order valence-electron chi connectivity index (χ0n) is 14.1. The van der Waals surface area contributed by atoms with Gasteiger partial charge in [-0.05, 0) is 31.5 Å². The highest BCUT2D eigenvalue weighted by molar-refractivity contribution is 8.14. The van der Waals surface area contributed by atoms with Gasteiger partial charge < -0.3 is 14.8 Å². The summed E-state index contributed by atoms with van der Waals surface area (Å²) in [5, 5.41) is 2.84. The molecule has 2 rings (SSSR count). The summed E-state index contributed by atoms with van der Waals surface area (Å²) in [6.45, 7) is 5.21. The number of methoxy groups -OCH3 is 1. The highest BCUT2D eigenvalue weighted by atomic mass is 32.2. The number of ether oxygens (including phenoxy) is 2. The molecule has 1 amide bonds. The van der Waals surface area contributed by atoms with Gasteiger partial charge in [0.25, 0.3) is 0 Å². The van der Waals surface area contributed by atoms with E-state index < -0.39 is 5.97 Å². The number of amidine groups is 1. The summed E-state index contributed by atoms with van der Waals surface area (Å²) in [4.78, 5) is 28.0. The molecule has 0 radical (unpaired) electrons. The molecule has 0 aromatic heterocycles. The Morgan fingerprint density at radius 2 is 1.96 bits per heavy atom. The van der Waals surface area contributed by atoms with E-state index in [4.69, 9.17) is 9.47 Å². The number of amides is 1. The van der Waals surface area contributed by atoms with Crippen molar-refractivity contribution in [3.63, 3.8) is 0 Å². The number of benzene rings is 1. The maximum absolute atomic E-state index is 12.4. The van der Waals surface area contributed by atoms with E-state index in [1.165, 1.54) is 18.7 Å². The largest absolute Gasteiger partial charge is 0.497 e. The molecule has 0 saturated carbocycles. The monoisotopic (exact) mass is 348 g/mol. The first-order valence-electron chi connectivity index (χ1n) is 7.51. The Bertz CT molecular complexity index is 695. The molecule has 0 spiro atoms. The molecule has 1 heterocycles. The summed E-state index contributed by atoms with van der Waals surface area (Å²) in [6.07, 6.45) is 0. The molecule has 0 saturated heterocycles. The first-order valence-corrected chi connectivity index (χ1v) is 8.39. The summed E-state index contributed by atoms with van der Waals surface area (Å²) in [5.41, 5.74) is 1.93. The molecular formula is C17H20N2O4S. The molecule has 1 N–H and O–H groups in total. The van der Waals surface area contributed by atoms with E-state index >= 15 is 0 Å². The maximum atomic E-state index is 12.4. The van der Waals surface area contributed by atoms with Gasteiger partial charge in [0.15, 0.2) is 5.17 Å². The van der Waals surface area contributed by atoms with Crippen LogP contribution in [0.5, 0.6) is 5.75 Å². The molecule has 1 unspecified atom stereocenters. The lowest BCUT2D eigenvalue weighted by Crippen LogP contribution is -2.30. The highest BCUT2D eigenvalue weighted by Crippen LogP contribution is 2.42. The van der Waals surface area contributed by atoms with E-state index in [2.05, 4.69) is 10.3 Å². The summed E-state index contributed by atoms with van der Waals surface area (Å²) < 4.78 is 10.3. The van der Waals surface area contributed by atoms with Crippen LogP contribution in [0.2, 0.25) is 0 Å². The third kappa shape index (κ3) is 4.17. The molecule has 1 aromatic carbocycles. The van der Waals surface area contributed by atoms with Crippen molar-refractivity contribution in [2.45, 2.75) is 26.0 Å². The van der Waals surface area contributed by atoms with Crippen molar-refractivity contribution in [1.29, 1.82) is 0 Å². The number of hydrogen-bond acceptors (Lipinski definition) is 6. The summed E-state index contributed by atoms with van der Waals surface area (Å²) in [5.74, 6) is 0.129. The molecule has 7 heteroatoms. The molecule has 0 aliphatic carbocycles. The molecule has 0 bridgehead atoms. The van der Waals surface area contributed by atoms with Crippen molar-refractivity contribution in [1.82, 2.24) is 5.32 Å². The van der Waals surface area contributed by atoms with E-state index in [0.29, 0.717) is 16.4 Å². The van der Waals surface area contributed by atoms with Gasteiger partial charge in [0.05, 0.1) is 30.2 Å². The molecular weight excluding hydrogens is 328 g/mol. The fourth-order valence-corrected chi connectivity index (χ4v) is 3.58. The van der Waals surface area contributed by atoms with Gasteiger partial charge in [0, 0.05) is 6.92 Å². The fourth-order valence-electron chi connectivity index (χ4n) is 2.28. The predicted octanol–water partition coefficient (Wildman–Crippen LogP) is 2.81. The van der Waals surface area contributed by atoms with Crippen LogP contribution in [0, 0.1) is 0 Å². The molecule has 1 aliphatic heterocycles. The SMILES string of the molecule is CCOC(=O)C1=C(C)N=C(NC(C)=O)SC1c1ccc(OC)cc1. The van der Waals surface area contributed by atoms with Crippen LogP contribution in [0.4, 0.5) is 0 Å². The first kappa shape index (κ1) is 18.1. The van der Waals surface area contributed by atoms with Gasteiger partial charge in [-0.25, -0.2) is 9.79 Å². The van der Waals surface area contributed by atoms with Crippen LogP contribution in [0.3, 0.4) is 0 Å². The number of aliphatic imine (C=N–C) groups is 1. The summed E-state index contributed by atoms with van der Waals surface area (Å²) >= 11 is 1.31. The fraction of sp³-hybridized carbons (Fsp3) is 0.353. The molecule has 1 atom stereocenters. The van der Waals surface area contributed by atoms with E-state index in [0.717, 1.165) is 11.3 Å². The van der Waals surface area contributed by atoms with E-state index in [-0.39, 0.29) is 17.8 Å². The number of carbonyl (C=O) groups is 2. The van der Waals surface area contributed by atoms with Crippen LogP contribution in [-0.4, -0.2) is 30.8 Å². The number of esters is 1. The first-order chi connectivity index (χ1) is 11.5. The second-order valence-electron chi connectivity index (χ2n) is 5.09. The van der Waals surface area contributed by atoms with Gasteiger partial charge >= 0.3 is 5.97 Å². The molecule has 1 aromatic rings. The smallest absolute Gasteiger partial charge is 0.337 e. The number of hydrogen-bond donors (Lipinski definition) is 1. The predicted molar refractivity (Wildman–Crippen MR) is 93.9 cm³/mol. The number of rotatable bonds is 4. The Morgan fingerprint density at radius 1 is 1.29 bits per heavy atom. The Labute approximate surface area is 145 Å². The summed E-state index contributed by atoms with van der Waals surface area (Å²) in [7, 11) is 1.60. The van der Waals surface area contributed by atoms with Crippen LogP contribution in [0.15, 0.2) is 40.5 Å². The van der Waals surface area contributed by atoms with Crippen molar-refractivity contribution in [2.24, 2.45) is 4.99 Å². The van der Waals surface area contributed by atoms with Gasteiger partial charge in [0.2, 0.25) is 5.91 Å². The van der Waals surface area contributed by atoms with Crippen molar-refractivity contribution < 1.29 is 19.1 Å². The van der Waals surface area contributed by atoms with Crippen molar-refractivity contribution >= 4 is 28.8 Å². The minimum atomic E-state index is -0.394. The Morgan fingerprint density at radius 3 is 2.50 bits per heavy atom. The molecule has 0 fully saturated rings.